The molecule has 0 aromatic heterocycles. The molecule has 1 fully saturated rings. The van der Waals surface area contributed by atoms with Crippen molar-refractivity contribution < 1.29 is 4.74 Å². The number of benzene rings is 2. The summed E-state index contributed by atoms with van der Waals surface area (Å²) in [5, 5.41) is 0. The summed E-state index contributed by atoms with van der Waals surface area (Å²) in [6.45, 7) is 2.22. The lowest BCUT2D eigenvalue weighted by Gasteiger charge is -2.19. The summed E-state index contributed by atoms with van der Waals surface area (Å²) in [6, 6.07) is 21.1. The topological polar surface area (TPSA) is 12.5 Å². The zero-order chi connectivity index (χ0) is 14.7. The van der Waals surface area contributed by atoms with Crippen molar-refractivity contribution in [3.63, 3.8) is 0 Å². The number of ether oxygens (including phenoxy) is 1. The predicted molar refractivity (Wildman–Crippen MR) is 86.8 cm³/mol. The standard InChI is InChI=1S/C19H21NO/c1-15-19(17-11-7-4-8-12-17)21-18(20(15)2)14-13-16-9-5-3-6-10-16/h3-15,18-19H,1-2H3/b14-13+/t15-,18-,19-/m0/s1. The van der Waals surface area contributed by atoms with E-state index in [1.54, 1.807) is 0 Å². The maximum absolute atomic E-state index is 6.23. The maximum atomic E-state index is 6.23. The van der Waals surface area contributed by atoms with Gasteiger partial charge in [-0.25, -0.2) is 0 Å². The second kappa shape index (κ2) is 6.25. The van der Waals surface area contributed by atoms with Crippen LogP contribution in [0.2, 0.25) is 0 Å². The Labute approximate surface area is 126 Å². The van der Waals surface area contributed by atoms with Crippen molar-refractivity contribution in [1.29, 1.82) is 0 Å². The fourth-order valence-electron chi connectivity index (χ4n) is 2.74. The molecule has 2 nitrogen and oxygen atoms in total. The zero-order valence-corrected chi connectivity index (χ0v) is 12.5. The Bertz CT molecular complexity index is 593. The molecule has 0 spiro atoms. The van der Waals surface area contributed by atoms with Gasteiger partial charge in [0.05, 0.1) is 0 Å². The summed E-state index contributed by atoms with van der Waals surface area (Å²) < 4.78 is 6.23. The van der Waals surface area contributed by atoms with Gasteiger partial charge in [0, 0.05) is 6.04 Å². The van der Waals surface area contributed by atoms with Gasteiger partial charge in [0.2, 0.25) is 0 Å². The fraction of sp³-hybridized carbons (Fsp3) is 0.263. The first-order valence-electron chi connectivity index (χ1n) is 7.41. The molecule has 2 aromatic carbocycles. The maximum Gasteiger partial charge on any atom is 0.131 e. The molecule has 1 saturated heterocycles. The highest BCUT2D eigenvalue weighted by atomic mass is 16.5. The van der Waals surface area contributed by atoms with Crippen LogP contribution < -0.4 is 0 Å². The summed E-state index contributed by atoms with van der Waals surface area (Å²) in [5.41, 5.74) is 2.44. The van der Waals surface area contributed by atoms with Gasteiger partial charge in [-0.05, 0) is 31.2 Å². The van der Waals surface area contributed by atoms with Crippen molar-refractivity contribution in [3.05, 3.63) is 77.9 Å². The van der Waals surface area contributed by atoms with Gasteiger partial charge in [-0.3, -0.25) is 4.90 Å². The Morgan fingerprint density at radius 3 is 2.24 bits per heavy atom. The van der Waals surface area contributed by atoms with Crippen LogP contribution in [0.25, 0.3) is 6.08 Å². The van der Waals surface area contributed by atoms with Gasteiger partial charge >= 0.3 is 0 Å². The molecule has 0 radical (unpaired) electrons. The Morgan fingerprint density at radius 2 is 1.57 bits per heavy atom. The molecule has 0 bridgehead atoms. The zero-order valence-electron chi connectivity index (χ0n) is 12.5. The second-order valence-corrected chi connectivity index (χ2v) is 5.53. The highest BCUT2D eigenvalue weighted by Crippen LogP contribution is 2.34. The molecule has 3 atom stereocenters. The average molecular weight is 279 g/mol. The highest BCUT2D eigenvalue weighted by molar-refractivity contribution is 5.49. The van der Waals surface area contributed by atoms with E-state index in [4.69, 9.17) is 4.74 Å². The van der Waals surface area contributed by atoms with Crippen LogP contribution in [0.3, 0.4) is 0 Å². The molecular formula is C19H21NO. The van der Waals surface area contributed by atoms with Crippen molar-refractivity contribution in [3.8, 4) is 0 Å². The van der Waals surface area contributed by atoms with Crippen molar-refractivity contribution in [2.75, 3.05) is 7.05 Å². The minimum Gasteiger partial charge on any atom is -0.350 e. The SMILES string of the molecule is C[C@H]1[C@@H](c2ccccc2)O[C@@H](/C=C/c2ccccc2)N1C. The van der Waals surface area contributed by atoms with Gasteiger partial charge in [0.25, 0.3) is 0 Å². The van der Waals surface area contributed by atoms with Crippen LogP contribution >= 0.6 is 0 Å². The predicted octanol–water partition coefficient (Wildman–Crippen LogP) is 4.12. The van der Waals surface area contributed by atoms with Crippen molar-refractivity contribution in [2.45, 2.75) is 25.3 Å². The molecule has 0 aliphatic carbocycles. The number of hydrogen-bond donors (Lipinski definition) is 0. The molecule has 0 unspecified atom stereocenters. The van der Waals surface area contributed by atoms with Gasteiger partial charge in [0.15, 0.2) is 0 Å². The molecule has 1 heterocycles. The number of rotatable bonds is 3. The lowest BCUT2D eigenvalue weighted by atomic mass is 10.0. The monoisotopic (exact) mass is 279 g/mol. The van der Waals surface area contributed by atoms with Crippen LogP contribution in [0, 0.1) is 0 Å². The van der Waals surface area contributed by atoms with E-state index >= 15 is 0 Å². The van der Waals surface area contributed by atoms with Crippen LogP contribution in [0.4, 0.5) is 0 Å². The number of likely N-dealkylation sites (N-methyl/N-ethyl adjacent to an activating group) is 1. The molecule has 2 heteroatoms. The summed E-state index contributed by atoms with van der Waals surface area (Å²) in [4.78, 5) is 2.27. The average Bonchev–Trinajstić information content (AvgIpc) is 2.83. The molecule has 0 N–H and O–H groups in total. The van der Waals surface area contributed by atoms with Crippen LogP contribution in [0.5, 0.6) is 0 Å². The Kier molecular flexibility index (Phi) is 4.18. The quantitative estimate of drug-likeness (QED) is 0.838. The van der Waals surface area contributed by atoms with E-state index in [0.29, 0.717) is 6.04 Å². The van der Waals surface area contributed by atoms with Crippen molar-refractivity contribution in [2.24, 2.45) is 0 Å². The minimum absolute atomic E-state index is 0.0189. The van der Waals surface area contributed by atoms with Gasteiger partial charge in [0.1, 0.15) is 12.3 Å². The van der Waals surface area contributed by atoms with Crippen LogP contribution in [0.15, 0.2) is 66.7 Å². The van der Waals surface area contributed by atoms with E-state index in [1.165, 1.54) is 11.1 Å². The third-order valence-electron chi connectivity index (χ3n) is 4.15. The smallest absolute Gasteiger partial charge is 0.131 e. The first-order chi connectivity index (χ1) is 10.3. The molecular weight excluding hydrogens is 258 g/mol. The van der Waals surface area contributed by atoms with Crippen molar-refractivity contribution in [1.82, 2.24) is 4.90 Å². The Balaban J connectivity index is 1.75. The molecule has 0 saturated carbocycles. The third kappa shape index (κ3) is 3.07. The molecule has 108 valence electrons. The Morgan fingerprint density at radius 1 is 0.952 bits per heavy atom. The summed E-state index contributed by atoms with van der Waals surface area (Å²) in [5.74, 6) is 0. The lowest BCUT2D eigenvalue weighted by Crippen LogP contribution is -2.30. The number of nitrogens with zero attached hydrogens (tertiary/aromatic N) is 1. The highest BCUT2D eigenvalue weighted by Gasteiger charge is 2.36. The first-order valence-corrected chi connectivity index (χ1v) is 7.41. The normalized spacial score (nSPS) is 26.5. The summed E-state index contributed by atoms with van der Waals surface area (Å²) in [6.07, 6.45) is 4.41. The van der Waals surface area contributed by atoms with E-state index in [-0.39, 0.29) is 12.3 Å². The molecule has 1 aliphatic rings. The van der Waals surface area contributed by atoms with E-state index in [0.717, 1.165) is 0 Å². The molecule has 1 aliphatic heterocycles. The fourth-order valence-corrected chi connectivity index (χ4v) is 2.74. The molecule has 0 amide bonds. The Hall–Kier alpha value is -1.90. The second-order valence-electron chi connectivity index (χ2n) is 5.53. The van der Waals surface area contributed by atoms with Crippen molar-refractivity contribution >= 4 is 6.08 Å². The van der Waals surface area contributed by atoms with Crippen LogP contribution in [-0.4, -0.2) is 24.2 Å². The van der Waals surface area contributed by atoms with Gasteiger partial charge in [-0.15, -0.1) is 0 Å². The minimum atomic E-state index is 0.0189. The molecule has 2 aromatic rings. The van der Waals surface area contributed by atoms with Gasteiger partial charge in [-0.2, -0.15) is 0 Å². The van der Waals surface area contributed by atoms with E-state index in [2.05, 4.69) is 67.4 Å². The van der Waals surface area contributed by atoms with Crippen LogP contribution in [-0.2, 0) is 4.74 Å². The summed E-state index contributed by atoms with van der Waals surface area (Å²) >= 11 is 0. The molecule has 21 heavy (non-hydrogen) atoms. The first kappa shape index (κ1) is 14.1. The van der Waals surface area contributed by atoms with E-state index < -0.39 is 0 Å². The van der Waals surface area contributed by atoms with E-state index in [9.17, 15) is 0 Å². The van der Waals surface area contributed by atoms with Gasteiger partial charge in [-0.1, -0.05) is 66.7 Å². The van der Waals surface area contributed by atoms with Crippen LogP contribution in [0.1, 0.15) is 24.2 Å². The largest absolute Gasteiger partial charge is 0.350 e. The molecule has 3 rings (SSSR count). The van der Waals surface area contributed by atoms with E-state index in [1.807, 2.05) is 24.3 Å². The van der Waals surface area contributed by atoms with Gasteiger partial charge < -0.3 is 4.74 Å². The number of hydrogen-bond acceptors (Lipinski definition) is 2. The lowest BCUT2D eigenvalue weighted by molar-refractivity contribution is 0.0412. The summed E-state index contributed by atoms with van der Waals surface area (Å²) in [7, 11) is 2.12. The third-order valence-corrected chi connectivity index (χ3v) is 4.15.